The second-order valence-electron chi connectivity index (χ2n) is 2.22. The largest absolute Gasteiger partial charge is 0.553 e. The van der Waals surface area contributed by atoms with Crippen molar-refractivity contribution in [1.29, 1.82) is 0 Å². The Labute approximate surface area is 77.1 Å². The molecule has 0 saturated carbocycles. The van der Waals surface area contributed by atoms with Gasteiger partial charge in [0, 0.05) is 19.6 Å². The first-order chi connectivity index (χ1) is 4.72. The Morgan fingerprint density at radius 3 is 2.55 bits per heavy atom. The van der Waals surface area contributed by atoms with Gasteiger partial charge in [-0.25, -0.2) is 0 Å². The lowest BCUT2D eigenvalue weighted by atomic mass is 10.1. The Balaban J connectivity index is 0.000001000. The Morgan fingerprint density at radius 1 is 1.55 bits per heavy atom. The van der Waals surface area contributed by atoms with E-state index < -0.39 is 7.25 Å². The smallest absolute Gasteiger partial charge is 0.413 e. The van der Waals surface area contributed by atoms with Crippen LogP contribution < -0.4 is 5.32 Å². The highest BCUT2D eigenvalue weighted by Gasteiger charge is 2.28. The van der Waals surface area contributed by atoms with Crippen LogP contribution in [0.5, 0.6) is 0 Å². The molecule has 1 aliphatic heterocycles. The molecule has 0 aromatic heterocycles. The third kappa shape index (κ3) is 3.15. The molecular weight excluding hydrogens is 190 g/mol. The number of halogens is 2. The van der Waals surface area contributed by atoms with Crippen molar-refractivity contribution in [1.82, 2.24) is 10.1 Å². The molecule has 4 nitrogen and oxygen atoms in total. The Hall–Kier alpha value is 0.485. The maximum atomic E-state index is 8.72. The van der Waals surface area contributed by atoms with E-state index in [1.54, 1.807) is 0 Å². The molecule has 1 fully saturated rings. The zero-order chi connectivity index (χ0) is 7.56. The van der Waals surface area contributed by atoms with Gasteiger partial charge in [-0.2, -0.15) is 0 Å². The monoisotopic (exact) mass is 200 g/mol. The standard InChI is InChI=1S/C4H10BClN2O2.ClH/c6-4-3-7-1-2-8(4)5(9)10;/h4,7,9-10H,1-3H2;1H. The lowest BCUT2D eigenvalue weighted by molar-refractivity contribution is 0.232. The SMILES string of the molecule is Cl.OB(O)N1CCNCC1Cl. The van der Waals surface area contributed by atoms with Crippen LogP contribution in [0.15, 0.2) is 0 Å². The van der Waals surface area contributed by atoms with Crippen LogP contribution in [-0.4, -0.2) is 47.2 Å². The van der Waals surface area contributed by atoms with Gasteiger partial charge in [-0.05, 0) is 0 Å². The third-order valence-electron chi connectivity index (χ3n) is 1.52. The molecule has 1 aliphatic rings. The van der Waals surface area contributed by atoms with E-state index in [-0.39, 0.29) is 17.9 Å². The maximum absolute atomic E-state index is 8.72. The van der Waals surface area contributed by atoms with Crippen LogP contribution >= 0.6 is 24.0 Å². The number of alkyl halides is 1. The first-order valence-corrected chi connectivity index (χ1v) is 3.62. The molecule has 0 aromatic carbocycles. The van der Waals surface area contributed by atoms with Crippen molar-refractivity contribution in [2.45, 2.75) is 5.50 Å². The Kier molecular flexibility index (Phi) is 5.42. The van der Waals surface area contributed by atoms with Gasteiger partial charge in [0.1, 0.15) is 0 Å². The molecule has 3 N–H and O–H groups in total. The molecule has 1 atom stereocenters. The van der Waals surface area contributed by atoms with E-state index >= 15 is 0 Å². The summed E-state index contributed by atoms with van der Waals surface area (Å²) in [6.45, 7) is 1.92. The summed E-state index contributed by atoms with van der Waals surface area (Å²) < 4.78 is 0. The first-order valence-electron chi connectivity index (χ1n) is 3.18. The summed E-state index contributed by atoms with van der Waals surface area (Å²) in [5.41, 5.74) is -0.311. The highest BCUT2D eigenvalue weighted by molar-refractivity contribution is 6.39. The van der Waals surface area contributed by atoms with E-state index in [1.165, 1.54) is 4.81 Å². The average Bonchev–Trinajstić information content (AvgIpc) is 1.88. The molecule has 0 bridgehead atoms. The van der Waals surface area contributed by atoms with Crippen LogP contribution in [0.25, 0.3) is 0 Å². The molecule has 1 rings (SSSR count). The molecule has 0 radical (unpaired) electrons. The molecule has 66 valence electrons. The fraction of sp³-hybridized carbons (Fsp3) is 1.00. The van der Waals surface area contributed by atoms with Crippen LogP contribution in [-0.2, 0) is 0 Å². The van der Waals surface area contributed by atoms with E-state index in [4.69, 9.17) is 21.6 Å². The number of rotatable bonds is 1. The first kappa shape index (κ1) is 11.5. The van der Waals surface area contributed by atoms with Gasteiger partial charge in [0.2, 0.25) is 0 Å². The summed E-state index contributed by atoms with van der Waals surface area (Å²) in [7, 11) is -1.43. The number of hydrogen-bond acceptors (Lipinski definition) is 4. The summed E-state index contributed by atoms with van der Waals surface area (Å²) in [5, 5.41) is 20.5. The van der Waals surface area contributed by atoms with Crippen molar-refractivity contribution in [2.75, 3.05) is 19.6 Å². The van der Waals surface area contributed by atoms with Crippen LogP contribution in [0.4, 0.5) is 0 Å². The summed E-state index contributed by atoms with van der Waals surface area (Å²) in [4.78, 5) is 1.41. The normalized spacial score (nSPS) is 25.9. The summed E-state index contributed by atoms with van der Waals surface area (Å²) >= 11 is 5.72. The van der Waals surface area contributed by atoms with Crippen LogP contribution in [0.2, 0.25) is 0 Å². The minimum absolute atomic E-state index is 0. The van der Waals surface area contributed by atoms with Crippen molar-refractivity contribution < 1.29 is 10.0 Å². The quantitative estimate of drug-likeness (QED) is 0.284. The molecule has 1 unspecified atom stereocenters. The molecule has 1 saturated heterocycles. The topological polar surface area (TPSA) is 55.7 Å². The zero-order valence-electron chi connectivity index (χ0n) is 5.90. The third-order valence-corrected chi connectivity index (χ3v) is 1.92. The van der Waals surface area contributed by atoms with E-state index in [0.29, 0.717) is 13.1 Å². The predicted octanol–water partition coefficient (Wildman–Crippen LogP) is -1.15. The fourth-order valence-electron chi connectivity index (χ4n) is 0.947. The van der Waals surface area contributed by atoms with Gasteiger partial charge in [-0.1, -0.05) is 0 Å². The van der Waals surface area contributed by atoms with Gasteiger partial charge in [0.05, 0.1) is 5.50 Å². The second kappa shape index (κ2) is 5.19. The van der Waals surface area contributed by atoms with Gasteiger partial charge >= 0.3 is 7.25 Å². The number of nitrogens with one attached hydrogen (secondary N) is 1. The van der Waals surface area contributed by atoms with Gasteiger partial charge in [-0.3, -0.25) is 4.81 Å². The highest BCUT2D eigenvalue weighted by atomic mass is 35.5. The minimum atomic E-state index is -1.43. The lowest BCUT2D eigenvalue weighted by Crippen LogP contribution is -2.55. The maximum Gasteiger partial charge on any atom is 0.553 e. The summed E-state index contributed by atoms with van der Waals surface area (Å²) in [6.07, 6.45) is 0. The minimum Gasteiger partial charge on any atom is -0.413 e. The van der Waals surface area contributed by atoms with Crippen molar-refractivity contribution >= 4 is 31.3 Å². The summed E-state index contributed by atoms with van der Waals surface area (Å²) in [6, 6.07) is 0. The summed E-state index contributed by atoms with van der Waals surface area (Å²) in [5.74, 6) is 0. The number of nitrogens with zero attached hydrogens (tertiary/aromatic N) is 1. The number of piperazine rings is 1. The molecule has 0 aromatic rings. The molecule has 0 aliphatic carbocycles. The fourth-order valence-corrected chi connectivity index (χ4v) is 1.25. The molecule has 0 amide bonds. The lowest BCUT2D eigenvalue weighted by Gasteiger charge is -2.31. The molecule has 1 heterocycles. The number of hydrogen-bond donors (Lipinski definition) is 3. The van der Waals surface area contributed by atoms with Crippen molar-refractivity contribution in [3.8, 4) is 0 Å². The van der Waals surface area contributed by atoms with E-state index in [1.807, 2.05) is 0 Å². The van der Waals surface area contributed by atoms with Gasteiger partial charge in [0.15, 0.2) is 0 Å². The second-order valence-corrected chi connectivity index (χ2v) is 2.73. The van der Waals surface area contributed by atoms with E-state index in [0.717, 1.165) is 6.54 Å². The Morgan fingerprint density at radius 2 is 2.18 bits per heavy atom. The van der Waals surface area contributed by atoms with Crippen LogP contribution in [0.3, 0.4) is 0 Å². The highest BCUT2D eigenvalue weighted by Crippen LogP contribution is 2.06. The van der Waals surface area contributed by atoms with E-state index in [2.05, 4.69) is 5.32 Å². The zero-order valence-corrected chi connectivity index (χ0v) is 7.48. The van der Waals surface area contributed by atoms with Crippen LogP contribution in [0, 0.1) is 0 Å². The Bertz CT molecular complexity index is 118. The average molecular weight is 201 g/mol. The predicted molar refractivity (Wildman–Crippen MR) is 46.7 cm³/mol. The van der Waals surface area contributed by atoms with Gasteiger partial charge in [-0.15, -0.1) is 24.0 Å². The van der Waals surface area contributed by atoms with Crippen molar-refractivity contribution in [2.24, 2.45) is 0 Å². The molecule has 7 heteroatoms. The van der Waals surface area contributed by atoms with Gasteiger partial charge in [0.25, 0.3) is 0 Å². The van der Waals surface area contributed by atoms with E-state index in [9.17, 15) is 0 Å². The van der Waals surface area contributed by atoms with Crippen LogP contribution in [0.1, 0.15) is 0 Å². The van der Waals surface area contributed by atoms with Crippen molar-refractivity contribution in [3.63, 3.8) is 0 Å². The molecule has 11 heavy (non-hydrogen) atoms. The molecular formula is C4H11BCl2N2O2. The van der Waals surface area contributed by atoms with Crippen molar-refractivity contribution in [3.05, 3.63) is 0 Å². The molecule has 0 spiro atoms. The van der Waals surface area contributed by atoms with Gasteiger partial charge < -0.3 is 15.4 Å².